The molecule has 1 amide bonds. The summed E-state index contributed by atoms with van der Waals surface area (Å²) in [6.45, 7) is 8.31. The van der Waals surface area contributed by atoms with Crippen molar-refractivity contribution in [3.63, 3.8) is 0 Å². The second kappa shape index (κ2) is 14.6. The van der Waals surface area contributed by atoms with E-state index in [-0.39, 0.29) is 23.0 Å². The molecule has 1 aromatic rings. The minimum Gasteiger partial charge on any atom is -0.480 e. The van der Waals surface area contributed by atoms with E-state index in [0.29, 0.717) is 25.8 Å². The summed E-state index contributed by atoms with van der Waals surface area (Å²) in [6.07, 6.45) is 1.59. The summed E-state index contributed by atoms with van der Waals surface area (Å²) in [4.78, 5) is 39.4. The van der Waals surface area contributed by atoms with E-state index in [1.165, 1.54) is 4.90 Å². The Morgan fingerprint density at radius 1 is 1.15 bits per heavy atom. The molecule has 7 nitrogen and oxygen atoms in total. The molecule has 0 saturated carbocycles. The highest BCUT2D eigenvalue weighted by Crippen LogP contribution is 2.38. The molecule has 34 heavy (non-hydrogen) atoms. The van der Waals surface area contributed by atoms with Gasteiger partial charge in [-0.15, -0.1) is 23.5 Å². The number of aryl methyl sites for hydroxylation is 1. The van der Waals surface area contributed by atoms with Gasteiger partial charge in [0.15, 0.2) is 0 Å². The molecule has 1 aliphatic heterocycles. The van der Waals surface area contributed by atoms with Crippen LogP contribution in [0, 0.1) is 5.92 Å². The van der Waals surface area contributed by atoms with Crippen LogP contribution in [0.25, 0.3) is 0 Å². The van der Waals surface area contributed by atoms with Crippen LogP contribution in [0.4, 0.5) is 0 Å². The summed E-state index contributed by atoms with van der Waals surface area (Å²) < 4.78 is 5.49. The van der Waals surface area contributed by atoms with Crippen molar-refractivity contribution in [3.05, 3.63) is 35.9 Å². The van der Waals surface area contributed by atoms with Gasteiger partial charge in [-0.05, 0) is 50.2 Å². The smallest absolute Gasteiger partial charge is 0.326 e. The molecule has 0 bridgehead atoms. The topological polar surface area (TPSA) is 95.9 Å². The number of ether oxygens (including phenoxy) is 1. The molecule has 1 fully saturated rings. The molecule has 1 saturated heterocycles. The van der Waals surface area contributed by atoms with Crippen molar-refractivity contribution in [1.82, 2.24) is 10.2 Å². The standard InChI is InChI=1S/C25H38N2O5S2/c1-5-32-24(31)20(14-13-18-11-9-8-10-12-18)26-17(4)22(28)27-16-19(15-21(27)23(29)30)25(33-6-2)34-7-3/h8-12,17,19-21,25-26H,5-7,13-16H2,1-4H3,(H,29,30)/t17-,19-,20?,21-/m0/s1. The average molecular weight is 511 g/mol. The number of aliphatic carboxylic acids is 1. The summed E-state index contributed by atoms with van der Waals surface area (Å²) in [5.41, 5.74) is 1.10. The normalized spacial score (nSPS) is 19.7. The monoisotopic (exact) mass is 510 g/mol. The third-order valence-corrected chi connectivity index (χ3v) is 8.82. The second-order valence-electron chi connectivity index (χ2n) is 8.34. The predicted octanol–water partition coefficient (Wildman–Crippen LogP) is 3.66. The molecule has 1 aliphatic rings. The fourth-order valence-electron chi connectivity index (χ4n) is 4.28. The lowest BCUT2D eigenvalue weighted by molar-refractivity contribution is -0.150. The Labute approximate surface area is 211 Å². The van der Waals surface area contributed by atoms with Gasteiger partial charge in [-0.2, -0.15) is 0 Å². The van der Waals surface area contributed by atoms with Gasteiger partial charge < -0.3 is 14.7 Å². The number of hydrogen-bond acceptors (Lipinski definition) is 7. The Morgan fingerprint density at radius 3 is 2.35 bits per heavy atom. The molecular weight excluding hydrogens is 472 g/mol. The number of carboxylic acids is 1. The van der Waals surface area contributed by atoms with Crippen LogP contribution in [-0.2, 0) is 25.5 Å². The van der Waals surface area contributed by atoms with Crippen molar-refractivity contribution in [2.24, 2.45) is 5.92 Å². The number of hydrogen-bond donors (Lipinski definition) is 2. The lowest BCUT2D eigenvalue weighted by Crippen LogP contribution is -2.53. The minimum absolute atomic E-state index is 0.117. The minimum atomic E-state index is -0.976. The van der Waals surface area contributed by atoms with Crippen molar-refractivity contribution in [1.29, 1.82) is 0 Å². The van der Waals surface area contributed by atoms with Crippen LogP contribution in [0.15, 0.2) is 30.3 Å². The number of carbonyl (C=O) groups is 3. The van der Waals surface area contributed by atoms with E-state index in [1.54, 1.807) is 13.8 Å². The summed E-state index contributed by atoms with van der Waals surface area (Å²) in [6, 6.07) is 7.63. The van der Waals surface area contributed by atoms with Gasteiger partial charge in [-0.1, -0.05) is 44.2 Å². The lowest BCUT2D eigenvalue weighted by Gasteiger charge is -2.28. The van der Waals surface area contributed by atoms with E-state index in [9.17, 15) is 19.5 Å². The zero-order valence-corrected chi connectivity index (χ0v) is 22.2. The first-order valence-electron chi connectivity index (χ1n) is 12.0. The van der Waals surface area contributed by atoms with Crippen LogP contribution in [-0.4, -0.2) is 75.2 Å². The number of thioether (sulfide) groups is 2. The summed E-state index contributed by atoms with van der Waals surface area (Å²) >= 11 is 3.63. The number of carbonyl (C=O) groups excluding carboxylic acids is 2. The number of nitrogens with zero attached hydrogens (tertiary/aromatic N) is 1. The summed E-state index contributed by atoms with van der Waals surface area (Å²) in [7, 11) is 0. The highest BCUT2D eigenvalue weighted by atomic mass is 32.2. The number of likely N-dealkylation sites (tertiary alicyclic amines) is 1. The fraction of sp³-hybridized carbons (Fsp3) is 0.640. The molecule has 4 atom stereocenters. The van der Waals surface area contributed by atoms with Crippen molar-refractivity contribution in [3.8, 4) is 0 Å². The van der Waals surface area contributed by atoms with Crippen molar-refractivity contribution < 1.29 is 24.2 Å². The molecule has 2 N–H and O–H groups in total. The molecule has 190 valence electrons. The van der Waals surface area contributed by atoms with Crippen molar-refractivity contribution in [2.45, 2.75) is 69.7 Å². The average Bonchev–Trinajstić information content (AvgIpc) is 3.27. The Morgan fingerprint density at radius 2 is 1.79 bits per heavy atom. The molecule has 1 unspecified atom stereocenters. The number of rotatable bonds is 14. The molecular formula is C25H38N2O5S2. The van der Waals surface area contributed by atoms with Crippen LogP contribution < -0.4 is 5.32 Å². The third-order valence-electron chi connectivity index (χ3n) is 5.91. The van der Waals surface area contributed by atoms with Gasteiger partial charge in [0, 0.05) is 12.5 Å². The molecule has 1 aromatic carbocycles. The SMILES string of the molecule is CCOC(=O)C(CCc1ccccc1)N[C@@H](C)C(=O)N1C[C@@H](C(SCC)SCC)C[C@H]1C(=O)O. The van der Waals surface area contributed by atoms with Crippen molar-refractivity contribution >= 4 is 41.4 Å². The van der Waals surface area contributed by atoms with E-state index in [1.807, 2.05) is 53.9 Å². The van der Waals surface area contributed by atoms with Gasteiger partial charge >= 0.3 is 11.9 Å². The first kappa shape index (κ1) is 28.5. The van der Waals surface area contributed by atoms with Gasteiger partial charge in [-0.3, -0.25) is 14.9 Å². The molecule has 0 aromatic heterocycles. The number of carboxylic acid groups (broad SMARTS) is 1. The van der Waals surface area contributed by atoms with E-state index < -0.39 is 30.1 Å². The second-order valence-corrected chi connectivity index (χ2v) is 11.5. The molecule has 1 heterocycles. The van der Waals surface area contributed by atoms with Crippen molar-refractivity contribution in [2.75, 3.05) is 24.7 Å². The first-order chi connectivity index (χ1) is 16.3. The quantitative estimate of drug-likeness (QED) is 0.289. The van der Waals surface area contributed by atoms with E-state index in [2.05, 4.69) is 19.2 Å². The number of nitrogens with one attached hydrogen (secondary N) is 1. The molecule has 0 aliphatic carbocycles. The van der Waals surface area contributed by atoms with E-state index >= 15 is 0 Å². The van der Waals surface area contributed by atoms with Crippen LogP contribution in [0.3, 0.4) is 0 Å². The first-order valence-corrected chi connectivity index (χ1v) is 14.1. The molecule has 0 spiro atoms. The Bertz CT molecular complexity index is 789. The Balaban J connectivity index is 2.10. The zero-order valence-electron chi connectivity index (χ0n) is 20.6. The maximum Gasteiger partial charge on any atom is 0.326 e. The Kier molecular flexibility index (Phi) is 12.3. The van der Waals surface area contributed by atoms with Gasteiger partial charge in [0.05, 0.1) is 17.2 Å². The lowest BCUT2D eigenvalue weighted by atomic mass is 10.0. The maximum absolute atomic E-state index is 13.4. The van der Waals surface area contributed by atoms with Gasteiger partial charge in [-0.25, -0.2) is 4.79 Å². The van der Waals surface area contributed by atoms with Crippen LogP contribution in [0.5, 0.6) is 0 Å². The largest absolute Gasteiger partial charge is 0.480 e. The summed E-state index contributed by atoms with van der Waals surface area (Å²) in [5.74, 6) is 0.347. The maximum atomic E-state index is 13.4. The van der Waals surface area contributed by atoms with Crippen LogP contribution in [0.2, 0.25) is 0 Å². The van der Waals surface area contributed by atoms with E-state index in [4.69, 9.17) is 4.74 Å². The van der Waals surface area contributed by atoms with Gasteiger partial charge in [0.25, 0.3) is 0 Å². The van der Waals surface area contributed by atoms with Gasteiger partial charge in [0.1, 0.15) is 12.1 Å². The summed E-state index contributed by atoms with van der Waals surface area (Å²) in [5, 5.41) is 13.0. The van der Waals surface area contributed by atoms with Crippen LogP contribution >= 0.6 is 23.5 Å². The highest BCUT2D eigenvalue weighted by molar-refractivity contribution is 8.17. The molecule has 2 rings (SSSR count). The fourth-order valence-corrected chi connectivity index (χ4v) is 7.08. The number of amides is 1. The van der Waals surface area contributed by atoms with E-state index in [0.717, 1.165) is 17.1 Å². The zero-order chi connectivity index (χ0) is 25.1. The van der Waals surface area contributed by atoms with Crippen LogP contribution in [0.1, 0.15) is 46.1 Å². The van der Waals surface area contributed by atoms with Gasteiger partial charge in [0.2, 0.25) is 5.91 Å². The highest BCUT2D eigenvalue weighted by Gasteiger charge is 2.44. The Hall–Kier alpha value is -1.71. The number of benzene rings is 1. The third kappa shape index (κ3) is 8.20. The molecule has 9 heteroatoms. The number of esters is 1. The molecule has 0 radical (unpaired) electrons. The predicted molar refractivity (Wildman–Crippen MR) is 139 cm³/mol.